The molecule has 0 spiro atoms. The Morgan fingerprint density at radius 3 is 2.52 bits per heavy atom. The van der Waals surface area contributed by atoms with Gasteiger partial charge in [-0.2, -0.15) is 8.42 Å². The van der Waals surface area contributed by atoms with Gasteiger partial charge in [0.2, 0.25) is 0 Å². The first kappa shape index (κ1) is 19.2. The maximum absolute atomic E-state index is 11.3. The van der Waals surface area contributed by atoms with Crippen molar-refractivity contribution in [1.29, 1.82) is 0 Å². The van der Waals surface area contributed by atoms with E-state index in [0.717, 1.165) is 0 Å². The van der Waals surface area contributed by atoms with E-state index < -0.39 is 10.1 Å². The second kappa shape index (κ2) is 8.85. The largest absolute Gasteiger partial charge is 0.488 e. The van der Waals surface area contributed by atoms with Crippen molar-refractivity contribution in [2.45, 2.75) is 11.0 Å². The molecule has 3 aromatic rings. The first-order valence-electron chi connectivity index (χ1n) is 7.94. The van der Waals surface area contributed by atoms with Crippen LogP contribution in [0.3, 0.4) is 0 Å². The normalized spacial score (nSPS) is 15.4. The highest BCUT2D eigenvalue weighted by Crippen LogP contribution is 2.35. The van der Waals surface area contributed by atoms with Crippen LogP contribution in [0.2, 0.25) is 0 Å². The molecule has 0 bridgehead atoms. The first-order valence-corrected chi connectivity index (χ1v) is 10.3. The number of ether oxygens (including phenoxy) is 3. The van der Waals surface area contributed by atoms with Gasteiger partial charge in [0.1, 0.15) is 23.9 Å². The van der Waals surface area contributed by atoms with Crippen molar-refractivity contribution in [3.05, 3.63) is 65.6 Å². The molecular weight excluding hydrogens is 390 g/mol. The molecule has 0 fully saturated rings. The fraction of sp³-hybridized carbons (Fsp3) is 0.167. The number of rotatable bonds is 4. The number of para-hydroxylation sites is 1. The third kappa shape index (κ3) is 5.43. The summed E-state index contributed by atoms with van der Waals surface area (Å²) in [5.74, 6) is 1.44. The summed E-state index contributed by atoms with van der Waals surface area (Å²) in [5.41, 5.74) is 0. The molecule has 0 saturated heterocycles. The number of thiophene rings is 1. The standard InChI is InChI=1S/C13H12O6S2.C5H5N/c14-21(15,16)13-4-2-1-3-10(13)17-5-9-6-18-11-7-20-8-12(11)19-9;1-2-4-6-5-3-1/h1-4,7-9H,5-6H2,(H,14,15,16);1-5H. The predicted molar refractivity (Wildman–Crippen MR) is 100 cm³/mol. The lowest BCUT2D eigenvalue weighted by Crippen LogP contribution is -2.34. The van der Waals surface area contributed by atoms with Crippen molar-refractivity contribution in [2.75, 3.05) is 13.2 Å². The monoisotopic (exact) mass is 407 g/mol. The van der Waals surface area contributed by atoms with Crippen LogP contribution >= 0.6 is 11.3 Å². The molecular formula is C18H17NO6S2. The molecule has 9 heteroatoms. The van der Waals surface area contributed by atoms with Crippen molar-refractivity contribution in [3.63, 3.8) is 0 Å². The molecule has 1 aromatic carbocycles. The number of benzene rings is 1. The second-order valence-corrected chi connectivity index (χ2v) is 7.54. The smallest absolute Gasteiger partial charge is 0.298 e. The van der Waals surface area contributed by atoms with E-state index in [-0.39, 0.29) is 23.4 Å². The zero-order chi connectivity index (χ0) is 19.1. The van der Waals surface area contributed by atoms with E-state index in [1.165, 1.54) is 29.5 Å². The van der Waals surface area contributed by atoms with Crippen molar-refractivity contribution in [1.82, 2.24) is 4.98 Å². The molecule has 0 amide bonds. The number of pyridine rings is 1. The predicted octanol–water partition coefficient (Wildman–Crippen LogP) is 3.30. The van der Waals surface area contributed by atoms with Crippen LogP contribution in [0.1, 0.15) is 0 Å². The van der Waals surface area contributed by atoms with Crippen molar-refractivity contribution in [3.8, 4) is 17.2 Å². The average molecular weight is 407 g/mol. The molecule has 3 heterocycles. The van der Waals surface area contributed by atoms with E-state index in [4.69, 9.17) is 18.8 Å². The number of hydrogen-bond donors (Lipinski definition) is 1. The maximum atomic E-state index is 11.3. The summed E-state index contributed by atoms with van der Waals surface area (Å²) in [6.45, 7) is 0.430. The maximum Gasteiger partial charge on any atom is 0.298 e. The molecule has 142 valence electrons. The highest BCUT2D eigenvalue weighted by molar-refractivity contribution is 7.86. The summed E-state index contributed by atoms with van der Waals surface area (Å²) in [4.78, 5) is 3.52. The second-order valence-electron chi connectivity index (χ2n) is 5.41. The molecule has 1 unspecified atom stereocenters. The molecule has 4 rings (SSSR count). The van der Waals surface area contributed by atoms with E-state index in [1.54, 1.807) is 18.5 Å². The van der Waals surface area contributed by atoms with Crippen LogP contribution in [0.4, 0.5) is 0 Å². The van der Waals surface area contributed by atoms with Gasteiger partial charge in [-0.25, -0.2) is 0 Å². The topological polar surface area (TPSA) is 95.0 Å². The summed E-state index contributed by atoms with van der Waals surface area (Å²) in [6, 6.07) is 11.6. The zero-order valence-electron chi connectivity index (χ0n) is 14.1. The van der Waals surface area contributed by atoms with Gasteiger partial charge < -0.3 is 14.2 Å². The van der Waals surface area contributed by atoms with Crippen LogP contribution in [0.15, 0.2) is 70.5 Å². The molecule has 0 aliphatic carbocycles. The molecule has 1 atom stereocenters. The van der Waals surface area contributed by atoms with Gasteiger partial charge in [-0.1, -0.05) is 18.2 Å². The summed E-state index contributed by atoms with van der Waals surface area (Å²) < 4.78 is 48.3. The van der Waals surface area contributed by atoms with Crippen molar-refractivity contribution >= 4 is 21.5 Å². The Hall–Kier alpha value is -2.62. The SMILES string of the molecule is O=S(=O)(O)c1ccccc1OCC1COc2cscc2O1.c1ccncc1. The Bertz CT molecular complexity index is 932. The van der Waals surface area contributed by atoms with Crippen LogP contribution in [0.5, 0.6) is 17.2 Å². The van der Waals surface area contributed by atoms with E-state index in [2.05, 4.69) is 4.98 Å². The lowest BCUT2D eigenvalue weighted by atomic mass is 10.3. The first-order chi connectivity index (χ1) is 13.0. The third-order valence-corrected chi connectivity index (χ3v) is 5.02. The van der Waals surface area contributed by atoms with E-state index in [0.29, 0.717) is 18.1 Å². The summed E-state index contributed by atoms with van der Waals surface area (Å²) in [7, 11) is -4.32. The lowest BCUT2D eigenvalue weighted by molar-refractivity contribution is 0.0537. The van der Waals surface area contributed by atoms with Gasteiger partial charge in [-0.05, 0) is 24.3 Å². The Morgan fingerprint density at radius 2 is 1.85 bits per heavy atom. The fourth-order valence-corrected chi connectivity index (χ4v) is 3.52. The number of aromatic nitrogens is 1. The Morgan fingerprint density at radius 1 is 1.11 bits per heavy atom. The van der Waals surface area contributed by atoms with Crippen LogP contribution in [0, 0.1) is 0 Å². The van der Waals surface area contributed by atoms with E-state index in [1.807, 2.05) is 29.0 Å². The lowest BCUT2D eigenvalue weighted by Gasteiger charge is -2.24. The summed E-state index contributed by atoms with van der Waals surface area (Å²) in [6.07, 6.45) is 3.15. The fourth-order valence-electron chi connectivity index (χ4n) is 2.22. The zero-order valence-corrected chi connectivity index (χ0v) is 15.7. The molecule has 0 saturated carbocycles. The van der Waals surface area contributed by atoms with Crippen LogP contribution in [0.25, 0.3) is 0 Å². The van der Waals surface area contributed by atoms with Gasteiger partial charge in [0.25, 0.3) is 10.1 Å². The molecule has 2 aromatic heterocycles. The quantitative estimate of drug-likeness (QED) is 0.663. The highest BCUT2D eigenvalue weighted by Gasteiger charge is 2.23. The Balaban J connectivity index is 0.000000299. The highest BCUT2D eigenvalue weighted by atomic mass is 32.2. The average Bonchev–Trinajstić information content (AvgIpc) is 3.15. The van der Waals surface area contributed by atoms with Crippen LogP contribution in [-0.2, 0) is 10.1 Å². The van der Waals surface area contributed by atoms with E-state index >= 15 is 0 Å². The van der Waals surface area contributed by atoms with Crippen molar-refractivity contribution < 1.29 is 27.2 Å². The minimum absolute atomic E-state index is 0.0831. The third-order valence-electron chi connectivity index (χ3n) is 3.43. The van der Waals surface area contributed by atoms with E-state index in [9.17, 15) is 8.42 Å². The molecule has 27 heavy (non-hydrogen) atoms. The number of fused-ring (bicyclic) bond motifs is 1. The molecule has 1 aliphatic rings. The molecule has 1 aliphatic heterocycles. The minimum Gasteiger partial charge on any atom is -0.488 e. The molecule has 0 radical (unpaired) electrons. The van der Waals surface area contributed by atoms with Gasteiger partial charge in [0.05, 0.1) is 0 Å². The molecule has 1 N–H and O–H groups in total. The van der Waals surface area contributed by atoms with Gasteiger partial charge >= 0.3 is 0 Å². The van der Waals surface area contributed by atoms with Gasteiger partial charge in [0.15, 0.2) is 17.6 Å². The summed E-state index contributed by atoms with van der Waals surface area (Å²) in [5, 5.41) is 3.67. The van der Waals surface area contributed by atoms with Gasteiger partial charge in [-0.3, -0.25) is 9.54 Å². The number of hydrogen-bond acceptors (Lipinski definition) is 7. The van der Waals surface area contributed by atoms with Gasteiger partial charge in [-0.15, -0.1) is 11.3 Å². The Labute approximate surface area is 160 Å². The molecule has 7 nitrogen and oxygen atoms in total. The van der Waals surface area contributed by atoms with Gasteiger partial charge in [0, 0.05) is 23.2 Å². The Kier molecular flexibility index (Phi) is 6.28. The minimum atomic E-state index is -4.32. The number of nitrogens with zero attached hydrogens (tertiary/aromatic N) is 1. The van der Waals surface area contributed by atoms with Crippen LogP contribution < -0.4 is 14.2 Å². The van der Waals surface area contributed by atoms with Crippen LogP contribution in [-0.4, -0.2) is 37.3 Å². The summed E-state index contributed by atoms with van der Waals surface area (Å²) >= 11 is 1.47. The van der Waals surface area contributed by atoms with Crippen molar-refractivity contribution in [2.24, 2.45) is 0 Å².